The van der Waals surface area contributed by atoms with Crippen LogP contribution in [-0.4, -0.2) is 6.54 Å². The third kappa shape index (κ3) is 6.19. The van der Waals surface area contributed by atoms with E-state index in [1.54, 1.807) is 0 Å². The van der Waals surface area contributed by atoms with Crippen LogP contribution in [0.1, 0.15) is 26.3 Å². The van der Waals surface area contributed by atoms with E-state index < -0.39 is 0 Å². The van der Waals surface area contributed by atoms with Crippen molar-refractivity contribution in [3.8, 4) is 0 Å². The van der Waals surface area contributed by atoms with Crippen LogP contribution in [0.25, 0.3) is 0 Å². The number of hydrogen-bond donors (Lipinski definition) is 1. The van der Waals surface area contributed by atoms with Crippen molar-refractivity contribution in [3.05, 3.63) is 47.1 Å². The molecule has 0 spiro atoms. The van der Waals surface area contributed by atoms with Gasteiger partial charge in [-0.2, -0.15) is 0 Å². The van der Waals surface area contributed by atoms with E-state index in [1.807, 2.05) is 45.0 Å². The van der Waals surface area contributed by atoms with Crippen LogP contribution >= 0.6 is 11.6 Å². The Kier molecular flexibility index (Phi) is 7.84. The highest BCUT2D eigenvalue weighted by Gasteiger charge is 1.97. The van der Waals surface area contributed by atoms with E-state index in [4.69, 9.17) is 11.6 Å². The van der Waals surface area contributed by atoms with Gasteiger partial charge in [-0.3, -0.25) is 0 Å². The molecular formula is C13H20ClN. The summed E-state index contributed by atoms with van der Waals surface area (Å²) in [5, 5.41) is 4.01. The molecule has 1 nitrogen and oxygen atoms in total. The van der Waals surface area contributed by atoms with Crippen molar-refractivity contribution >= 4 is 11.6 Å². The Balaban J connectivity index is 0.000000921. The summed E-state index contributed by atoms with van der Waals surface area (Å²) in [6.07, 6.45) is 0.937. The molecule has 0 aliphatic carbocycles. The van der Waals surface area contributed by atoms with Gasteiger partial charge in [0.15, 0.2) is 0 Å². The molecule has 0 atom stereocenters. The van der Waals surface area contributed by atoms with Gasteiger partial charge in [0.1, 0.15) is 0 Å². The van der Waals surface area contributed by atoms with Gasteiger partial charge in [-0.25, -0.2) is 0 Å². The lowest BCUT2D eigenvalue weighted by molar-refractivity contribution is 0.791. The minimum absolute atomic E-state index is 0.839. The number of benzene rings is 1. The molecule has 0 saturated carbocycles. The first kappa shape index (κ1) is 14.1. The van der Waals surface area contributed by atoms with Crippen molar-refractivity contribution in [1.29, 1.82) is 0 Å². The second-order valence-electron chi connectivity index (χ2n) is 3.05. The topological polar surface area (TPSA) is 12.0 Å². The van der Waals surface area contributed by atoms with Crippen molar-refractivity contribution in [1.82, 2.24) is 5.32 Å². The van der Waals surface area contributed by atoms with Gasteiger partial charge >= 0.3 is 0 Å². The average Bonchev–Trinajstić information content (AvgIpc) is 2.23. The van der Waals surface area contributed by atoms with Crippen LogP contribution < -0.4 is 5.32 Å². The first-order valence-corrected chi connectivity index (χ1v) is 5.70. The van der Waals surface area contributed by atoms with Gasteiger partial charge < -0.3 is 5.32 Å². The Hall–Kier alpha value is -0.950. The molecule has 1 aromatic carbocycles. The summed E-state index contributed by atoms with van der Waals surface area (Å²) < 4.78 is 0. The van der Waals surface area contributed by atoms with E-state index in [-0.39, 0.29) is 0 Å². The van der Waals surface area contributed by atoms with Crippen LogP contribution in [0.5, 0.6) is 0 Å². The van der Waals surface area contributed by atoms with E-state index in [1.165, 1.54) is 5.56 Å². The van der Waals surface area contributed by atoms with Crippen molar-refractivity contribution in [2.45, 2.75) is 27.2 Å². The number of halogens is 1. The average molecular weight is 226 g/mol. The molecule has 0 aliphatic heterocycles. The maximum Gasteiger partial charge on any atom is 0.0438 e. The van der Waals surface area contributed by atoms with Gasteiger partial charge in [0, 0.05) is 17.3 Å². The lowest BCUT2D eigenvalue weighted by Gasteiger charge is -2.06. The fraction of sp³-hybridized carbons (Fsp3) is 0.385. The van der Waals surface area contributed by atoms with E-state index in [2.05, 4.69) is 11.9 Å². The van der Waals surface area contributed by atoms with Gasteiger partial charge in [0.2, 0.25) is 0 Å². The van der Waals surface area contributed by atoms with Crippen molar-refractivity contribution in [2.24, 2.45) is 0 Å². The molecular weight excluding hydrogens is 206 g/mol. The predicted octanol–water partition coefficient (Wildman–Crippen LogP) is 4.03. The number of rotatable bonds is 4. The second-order valence-corrected chi connectivity index (χ2v) is 3.46. The molecule has 0 aromatic heterocycles. The number of nitrogens with one attached hydrogen (secondary N) is 1. The van der Waals surface area contributed by atoms with Crippen LogP contribution in [0.4, 0.5) is 0 Å². The Morgan fingerprint density at radius 3 is 2.47 bits per heavy atom. The predicted molar refractivity (Wildman–Crippen MR) is 69.3 cm³/mol. The Morgan fingerprint density at radius 2 is 1.93 bits per heavy atom. The number of allylic oxidation sites excluding steroid dienone is 1. The summed E-state index contributed by atoms with van der Waals surface area (Å²) in [6, 6.07) is 7.90. The summed E-state index contributed by atoms with van der Waals surface area (Å²) in [4.78, 5) is 0. The summed E-state index contributed by atoms with van der Waals surface area (Å²) >= 11 is 5.99. The smallest absolute Gasteiger partial charge is 0.0438 e. The lowest BCUT2D eigenvalue weighted by Crippen LogP contribution is -2.13. The van der Waals surface area contributed by atoms with Crippen molar-refractivity contribution in [2.75, 3.05) is 6.54 Å². The molecule has 1 rings (SSSR count). The summed E-state index contributed by atoms with van der Waals surface area (Å²) in [5.74, 6) is 0. The van der Waals surface area contributed by atoms with Gasteiger partial charge in [0.05, 0.1) is 0 Å². The summed E-state index contributed by atoms with van der Waals surface area (Å²) in [5.41, 5.74) is 2.17. The molecule has 15 heavy (non-hydrogen) atoms. The van der Waals surface area contributed by atoms with Gasteiger partial charge in [-0.05, 0) is 25.0 Å². The highest BCUT2D eigenvalue weighted by atomic mass is 35.5. The second kappa shape index (κ2) is 8.37. The fourth-order valence-corrected chi connectivity index (χ4v) is 1.34. The first-order valence-electron chi connectivity index (χ1n) is 5.33. The highest BCUT2D eigenvalue weighted by Crippen LogP contribution is 2.14. The third-order valence-corrected chi connectivity index (χ3v) is 2.15. The minimum Gasteiger partial charge on any atom is -0.389 e. The van der Waals surface area contributed by atoms with Crippen LogP contribution in [0.15, 0.2) is 36.5 Å². The van der Waals surface area contributed by atoms with Crippen molar-refractivity contribution < 1.29 is 0 Å². The molecule has 0 radical (unpaired) electrons. The lowest BCUT2D eigenvalue weighted by atomic mass is 10.1. The van der Waals surface area contributed by atoms with E-state index in [0.29, 0.717) is 0 Å². The zero-order valence-corrected chi connectivity index (χ0v) is 10.6. The molecule has 0 bridgehead atoms. The standard InChI is InChI=1S/C11H14ClN.C2H6/c1-9(2)13-8-7-10-5-3-4-6-11(10)12;1-2/h3-6,13H,1,7-8H2,2H3;1-2H3. The first-order chi connectivity index (χ1) is 7.20. The van der Waals surface area contributed by atoms with E-state index in [9.17, 15) is 0 Å². The maximum atomic E-state index is 5.99. The SMILES string of the molecule is C=C(C)NCCc1ccccc1Cl.CC. The van der Waals surface area contributed by atoms with Gasteiger partial charge in [0.25, 0.3) is 0 Å². The van der Waals surface area contributed by atoms with Gasteiger partial charge in [-0.15, -0.1) is 0 Å². The highest BCUT2D eigenvalue weighted by molar-refractivity contribution is 6.31. The molecule has 1 aromatic rings. The fourth-order valence-electron chi connectivity index (χ4n) is 1.11. The number of hydrogen-bond acceptors (Lipinski definition) is 1. The minimum atomic E-state index is 0.839. The molecule has 0 fully saturated rings. The van der Waals surface area contributed by atoms with Crippen LogP contribution in [0.2, 0.25) is 5.02 Å². The quantitative estimate of drug-likeness (QED) is 0.816. The Bertz CT molecular complexity index is 294. The van der Waals surface area contributed by atoms with E-state index >= 15 is 0 Å². The molecule has 0 amide bonds. The molecule has 1 N–H and O–H groups in total. The van der Waals surface area contributed by atoms with Crippen LogP contribution in [0.3, 0.4) is 0 Å². The molecule has 0 aliphatic rings. The van der Waals surface area contributed by atoms with E-state index in [0.717, 1.165) is 23.7 Å². The third-order valence-electron chi connectivity index (χ3n) is 1.78. The van der Waals surface area contributed by atoms with Crippen LogP contribution in [-0.2, 0) is 6.42 Å². The molecule has 0 heterocycles. The maximum absolute atomic E-state index is 5.99. The summed E-state index contributed by atoms with van der Waals surface area (Å²) in [6.45, 7) is 10.6. The molecule has 0 unspecified atom stereocenters. The van der Waals surface area contributed by atoms with Crippen molar-refractivity contribution in [3.63, 3.8) is 0 Å². The zero-order valence-electron chi connectivity index (χ0n) is 9.81. The zero-order chi connectivity index (χ0) is 11.7. The summed E-state index contributed by atoms with van der Waals surface area (Å²) in [7, 11) is 0. The normalized spacial score (nSPS) is 8.80. The molecule has 2 heteroatoms. The van der Waals surface area contributed by atoms with Crippen LogP contribution in [0, 0.1) is 0 Å². The largest absolute Gasteiger partial charge is 0.389 e. The Morgan fingerprint density at radius 1 is 1.33 bits per heavy atom. The monoisotopic (exact) mass is 225 g/mol. The van der Waals surface area contributed by atoms with Gasteiger partial charge in [-0.1, -0.05) is 50.2 Å². The molecule has 0 saturated heterocycles. The Labute approximate surface area is 98.2 Å². The molecule has 84 valence electrons.